The molecule has 1 aliphatic rings. The van der Waals surface area contributed by atoms with Gasteiger partial charge in [0.15, 0.2) is 0 Å². The number of rotatable bonds is 5. The molecule has 2 rings (SSSR count). The summed E-state index contributed by atoms with van der Waals surface area (Å²) in [4.78, 5) is 9.94. The first-order valence-corrected chi connectivity index (χ1v) is 6.08. The summed E-state index contributed by atoms with van der Waals surface area (Å²) in [6.45, 7) is 0.924. The maximum atomic E-state index is 9.94. The van der Waals surface area contributed by atoms with Gasteiger partial charge in [0.1, 0.15) is 0 Å². The SMILES string of the molecule is O.O=N/C=C/c1ccc(CCC2CCCO2)cc1. The Morgan fingerprint density at radius 1 is 1.33 bits per heavy atom. The van der Waals surface area contributed by atoms with Crippen LogP contribution in [0.5, 0.6) is 0 Å². The molecular formula is C14H19NO3. The fraction of sp³-hybridized carbons (Fsp3) is 0.429. The van der Waals surface area contributed by atoms with Gasteiger partial charge in [-0.1, -0.05) is 24.3 Å². The van der Waals surface area contributed by atoms with E-state index in [1.807, 2.05) is 12.1 Å². The molecule has 0 saturated carbocycles. The first-order chi connectivity index (χ1) is 8.38. The molecule has 2 N–H and O–H groups in total. The van der Waals surface area contributed by atoms with E-state index in [9.17, 15) is 4.91 Å². The molecule has 0 aromatic heterocycles. The topological polar surface area (TPSA) is 70.2 Å². The second-order valence-electron chi connectivity index (χ2n) is 4.34. The summed E-state index contributed by atoms with van der Waals surface area (Å²) >= 11 is 0. The predicted molar refractivity (Wildman–Crippen MR) is 72.2 cm³/mol. The fourth-order valence-electron chi connectivity index (χ4n) is 2.11. The Balaban J connectivity index is 0.00000162. The van der Waals surface area contributed by atoms with E-state index in [4.69, 9.17) is 4.74 Å². The smallest absolute Gasteiger partial charge is 0.0720 e. The minimum Gasteiger partial charge on any atom is -0.412 e. The van der Waals surface area contributed by atoms with Crippen LogP contribution in [0.15, 0.2) is 35.6 Å². The lowest BCUT2D eigenvalue weighted by Crippen LogP contribution is -2.05. The van der Waals surface area contributed by atoms with Gasteiger partial charge in [0.25, 0.3) is 0 Å². The fourth-order valence-corrected chi connectivity index (χ4v) is 2.11. The zero-order chi connectivity index (χ0) is 11.9. The lowest BCUT2D eigenvalue weighted by molar-refractivity contribution is 0.104. The Bertz CT molecular complexity index is 381. The highest BCUT2D eigenvalue weighted by Gasteiger charge is 2.14. The number of ether oxygens (including phenoxy) is 1. The lowest BCUT2D eigenvalue weighted by atomic mass is 10.0. The van der Waals surface area contributed by atoms with Crippen LogP contribution in [0.3, 0.4) is 0 Å². The van der Waals surface area contributed by atoms with Crippen LogP contribution in [0, 0.1) is 4.91 Å². The van der Waals surface area contributed by atoms with Crippen LogP contribution in [-0.2, 0) is 11.2 Å². The average Bonchev–Trinajstić information content (AvgIpc) is 2.88. The molecule has 1 fully saturated rings. The van der Waals surface area contributed by atoms with Crippen LogP contribution < -0.4 is 0 Å². The summed E-state index contributed by atoms with van der Waals surface area (Å²) in [5.74, 6) is 0. The minimum atomic E-state index is 0. The summed E-state index contributed by atoms with van der Waals surface area (Å²) in [7, 11) is 0. The third kappa shape index (κ3) is 4.39. The van der Waals surface area contributed by atoms with Crippen molar-refractivity contribution in [1.29, 1.82) is 0 Å². The molecule has 1 saturated heterocycles. The van der Waals surface area contributed by atoms with Crippen molar-refractivity contribution in [3.05, 3.63) is 46.5 Å². The van der Waals surface area contributed by atoms with Gasteiger partial charge in [-0.05, 0) is 48.1 Å². The van der Waals surface area contributed by atoms with Gasteiger partial charge >= 0.3 is 0 Å². The highest BCUT2D eigenvalue weighted by atomic mass is 16.5. The maximum absolute atomic E-state index is 9.94. The van der Waals surface area contributed by atoms with Crippen LogP contribution in [0.4, 0.5) is 0 Å². The van der Waals surface area contributed by atoms with E-state index >= 15 is 0 Å². The van der Waals surface area contributed by atoms with Crippen molar-refractivity contribution < 1.29 is 10.2 Å². The van der Waals surface area contributed by atoms with Gasteiger partial charge in [-0.25, -0.2) is 0 Å². The molecule has 0 aliphatic carbocycles. The molecule has 1 aromatic carbocycles. The number of hydrogen-bond donors (Lipinski definition) is 0. The first kappa shape index (κ1) is 14.5. The lowest BCUT2D eigenvalue weighted by Gasteiger charge is -2.08. The van der Waals surface area contributed by atoms with Crippen molar-refractivity contribution in [3.63, 3.8) is 0 Å². The molecule has 1 aromatic rings. The molecule has 1 unspecified atom stereocenters. The molecule has 0 spiro atoms. The van der Waals surface area contributed by atoms with Crippen LogP contribution in [0.1, 0.15) is 30.4 Å². The molecule has 1 atom stereocenters. The van der Waals surface area contributed by atoms with Crippen molar-refractivity contribution in [2.45, 2.75) is 31.8 Å². The van der Waals surface area contributed by atoms with Gasteiger partial charge in [-0.15, -0.1) is 4.91 Å². The standard InChI is InChI=1S/C14H17NO2.H2O/c16-15-10-9-13-5-3-12(4-6-13)7-8-14-2-1-11-17-14;/h3-6,9-10,14H,1-2,7-8,11H2;1H2/b10-9+;. The maximum Gasteiger partial charge on any atom is 0.0720 e. The van der Waals surface area contributed by atoms with Crippen LogP contribution in [-0.4, -0.2) is 18.2 Å². The van der Waals surface area contributed by atoms with E-state index in [2.05, 4.69) is 17.3 Å². The molecule has 1 aliphatic heterocycles. The van der Waals surface area contributed by atoms with Gasteiger partial charge in [-0.2, -0.15) is 0 Å². The number of nitrogens with zero attached hydrogens (tertiary/aromatic N) is 1. The molecule has 0 bridgehead atoms. The highest BCUT2D eigenvalue weighted by Crippen LogP contribution is 2.18. The van der Waals surface area contributed by atoms with E-state index in [-0.39, 0.29) is 5.48 Å². The predicted octanol–water partition coefficient (Wildman–Crippen LogP) is 2.71. The Morgan fingerprint density at radius 3 is 2.72 bits per heavy atom. The number of benzene rings is 1. The molecule has 18 heavy (non-hydrogen) atoms. The van der Waals surface area contributed by atoms with Crippen LogP contribution in [0.25, 0.3) is 6.08 Å². The molecular weight excluding hydrogens is 230 g/mol. The quantitative estimate of drug-likeness (QED) is 0.753. The molecule has 0 radical (unpaired) electrons. The summed E-state index contributed by atoms with van der Waals surface area (Å²) in [5.41, 5.74) is 2.32. The normalized spacial score (nSPS) is 18.8. The van der Waals surface area contributed by atoms with Gasteiger partial charge < -0.3 is 10.2 Å². The van der Waals surface area contributed by atoms with E-state index < -0.39 is 0 Å². The molecule has 98 valence electrons. The summed E-state index contributed by atoms with van der Waals surface area (Å²) in [6.07, 6.45) is 7.98. The van der Waals surface area contributed by atoms with Crippen LogP contribution in [0.2, 0.25) is 0 Å². The van der Waals surface area contributed by atoms with Crippen molar-refractivity contribution in [3.8, 4) is 0 Å². The number of nitroso groups, excluding NO2 is 1. The van der Waals surface area contributed by atoms with Crippen molar-refractivity contribution >= 4 is 6.08 Å². The van der Waals surface area contributed by atoms with Crippen molar-refractivity contribution in [1.82, 2.24) is 0 Å². The Morgan fingerprint density at radius 2 is 2.11 bits per heavy atom. The molecule has 4 nitrogen and oxygen atoms in total. The van der Waals surface area contributed by atoms with Gasteiger partial charge in [0, 0.05) is 6.61 Å². The second-order valence-corrected chi connectivity index (χ2v) is 4.34. The van der Waals surface area contributed by atoms with E-state index in [1.54, 1.807) is 6.08 Å². The summed E-state index contributed by atoms with van der Waals surface area (Å²) in [5, 5.41) is 2.69. The van der Waals surface area contributed by atoms with E-state index in [0.29, 0.717) is 6.10 Å². The average molecular weight is 249 g/mol. The minimum absolute atomic E-state index is 0. The monoisotopic (exact) mass is 249 g/mol. The largest absolute Gasteiger partial charge is 0.412 e. The van der Waals surface area contributed by atoms with Gasteiger partial charge in [0.05, 0.1) is 12.3 Å². The number of aryl methyl sites for hydroxylation is 1. The van der Waals surface area contributed by atoms with Crippen molar-refractivity contribution in [2.24, 2.45) is 5.18 Å². The van der Waals surface area contributed by atoms with Gasteiger partial charge in [0.2, 0.25) is 0 Å². The van der Waals surface area contributed by atoms with Gasteiger partial charge in [-0.3, -0.25) is 0 Å². The number of hydrogen-bond acceptors (Lipinski definition) is 3. The Hall–Kier alpha value is -1.52. The summed E-state index contributed by atoms with van der Waals surface area (Å²) in [6, 6.07) is 8.21. The zero-order valence-electron chi connectivity index (χ0n) is 10.3. The molecule has 0 amide bonds. The highest BCUT2D eigenvalue weighted by molar-refractivity contribution is 5.49. The summed E-state index contributed by atoms with van der Waals surface area (Å²) < 4.78 is 5.59. The Kier molecular flexibility index (Phi) is 6.25. The molecule has 1 heterocycles. The Labute approximate surface area is 107 Å². The zero-order valence-corrected chi connectivity index (χ0v) is 10.3. The van der Waals surface area contributed by atoms with E-state index in [1.165, 1.54) is 24.6 Å². The van der Waals surface area contributed by atoms with Crippen LogP contribution >= 0.6 is 0 Å². The molecule has 4 heteroatoms. The first-order valence-electron chi connectivity index (χ1n) is 6.08. The van der Waals surface area contributed by atoms with Crippen molar-refractivity contribution in [2.75, 3.05) is 6.61 Å². The third-order valence-corrected chi connectivity index (χ3v) is 3.09. The second kappa shape index (κ2) is 7.74. The van der Waals surface area contributed by atoms with E-state index in [0.717, 1.165) is 25.0 Å². The third-order valence-electron chi connectivity index (χ3n) is 3.09.